The molecular weight excluding hydrogens is 980 g/mol. The standard InChI is InChI=1S/C49H83N3O18P2/c1-4-5-19-26-38(53)27-21-16-13-14-17-22-28-40(54)41(55)29-24-31-44(56)65-34-39(68-45(57)30-23-18-12-10-8-6-7-9-11-15-20-25-37(2)3)35-66-71(61,62)70-72(63,64)67-36-42-46(58)47(59)48(69-42)52-33-32-43(50)51-49(52)60/h13-14,16-17,21-22,27-28,32-33,37-42,46-48,53-55,58-59H,4-12,15,18-20,23-26,29-31,34-36H2,1-3H3,(H,61,62)(H,63,64)(H2,50,51,60)/b16-13-,17-14+,27-21+,28-22+/t38-,39-,40-,41-,42-,46-,47-,48-/m1/s1. The number of nitrogen functional groups attached to an aromatic ring is 1. The summed E-state index contributed by atoms with van der Waals surface area (Å²) in [6.45, 7) is 3.99. The highest BCUT2D eigenvalue weighted by Crippen LogP contribution is 2.60. The maximum Gasteiger partial charge on any atom is 0.481 e. The summed E-state index contributed by atoms with van der Waals surface area (Å²) < 4.78 is 56.5. The van der Waals surface area contributed by atoms with Gasteiger partial charge in [-0.2, -0.15) is 9.29 Å². The second-order valence-corrected chi connectivity index (χ2v) is 21.4. The van der Waals surface area contributed by atoms with Crippen molar-refractivity contribution in [3.8, 4) is 0 Å². The number of carbonyl (C=O) groups excluding carboxylic acids is 2. The summed E-state index contributed by atoms with van der Waals surface area (Å²) >= 11 is 0. The van der Waals surface area contributed by atoms with Crippen molar-refractivity contribution in [1.82, 2.24) is 9.55 Å². The molecular formula is C49H83N3O18P2. The lowest BCUT2D eigenvalue weighted by Crippen LogP contribution is -2.36. The molecule has 412 valence electrons. The van der Waals surface area contributed by atoms with Gasteiger partial charge in [0, 0.05) is 19.0 Å². The first-order valence-electron chi connectivity index (χ1n) is 25.3. The van der Waals surface area contributed by atoms with E-state index in [0.29, 0.717) is 12.8 Å². The normalized spacial score (nSPS) is 20.9. The first-order valence-corrected chi connectivity index (χ1v) is 28.3. The monoisotopic (exact) mass is 1060 g/mol. The molecule has 0 amide bonds. The van der Waals surface area contributed by atoms with E-state index in [-0.39, 0.29) is 31.5 Å². The number of anilines is 1. The van der Waals surface area contributed by atoms with Gasteiger partial charge in [-0.15, -0.1) is 0 Å². The van der Waals surface area contributed by atoms with Crippen LogP contribution in [-0.4, -0.2) is 119 Å². The van der Waals surface area contributed by atoms with Gasteiger partial charge in [0.15, 0.2) is 12.3 Å². The number of nitrogens with zero attached hydrogens (tertiary/aromatic N) is 2. The number of allylic oxidation sites excluding steroid dienone is 6. The number of rotatable bonds is 40. The molecule has 1 aromatic rings. The Kier molecular flexibility index (Phi) is 32.8. The van der Waals surface area contributed by atoms with E-state index < -0.39 is 102 Å². The van der Waals surface area contributed by atoms with E-state index in [2.05, 4.69) is 30.1 Å². The number of phosphoric acid groups is 2. The Hall–Kier alpha value is -3.40. The number of hydrogen-bond donors (Lipinski definition) is 8. The van der Waals surface area contributed by atoms with Gasteiger partial charge in [0.25, 0.3) is 0 Å². The van der Waals surface area contributed by atoms with E-state index in [0.717, 1.165) is 68.0 Å². The summed E-state index contributed by atoms with van der Waals surface area (Å²) in [7, 11) is -11.0. The van der Waals surface area contributed by atoms with Gasteiger partial charge in [-0.1, -0.05) is 159 Å². The summed E-state index contributed by atoms with van der Waals surface area (Å²) in [6.07, 6.45) is 20.0. The van der Waals surface area contributed by atoms with Crippen LogP contribution >= 0.6 is 15.6 Å². The molecule has 0 bridgehead atoms. The molecule has 1 aliphatic rings. The Morgan fingerprint density at radius 1 is 0.750 bits per heavy atom. The lowest BCUT2D eigenvalue weighted by atomic mass is 10.0. The average molecular weight is 1060 g/mol. The minimum Gasteiger partial charge on any atom is -0.462 e. The summed E-state index contributed by atoms with van der Waals surface area (Å²) in [5, 5.41) is 51.6. The van der Waals surface area contributed by atoms with Crippen molar-refractivity contribution >= 4 is 33.4 Å². The fourth-order valence-corrected chi connectivity index (χ4v) is 9.46. The van der Waals surface area contributed by atoms with Gasteiger partial charge in [0.05, 0.1) is 31.5 Å². The zero-order valence-electron chi connectivity index (χ0n) is 42.2. The second kappa shape index (κ2) is 36.5. The molecule has 1 fully saturated rings. The van der Waals surface area contributed by atoms with Crippen molar-refractivity contribution in [3.05, 3.63) is 71.4 Å². The van der Waals surface area contributed by atoms with E-state index in [4.69, 9.17) is 29.0 Å². The SMILES string of the molecule is CCCCC[C@@H](O)/C=C/C=C\C=C\C=C\[C@@H](O)[C@H](O)CCCC(=O)OC[C@H](COP(=O)(O)OP(=O)(O)OC[C@H]1O[C@@H](n2ccc(N)nc2=O)[C@H](O)[C@@H]1O)OC(=O)CCCCCCCCCCCCCC(C)C. The predicted octanol–water partition coefficient (Wildman–Crippen LogP) is 6.94. The van der Waals surface area contributed by atoms with Crippen molar-refractivity contribution in [1.29, 1.82) is 0 Å². The molecule has 21 nitrogen and oxygen atoms in total. The minimum absolute atomic E-state index is 0.0110. The quantitative estimate of drug-likeness (QED) is 0.0143. The van der Waals surface area contributed by atoms with Crippen molar-refractivity contribution in [3.63, 3.8) is 0 Å². The summed E-state index contributed by atoms with van der Waals surface area (Å²) in [6, 6.07) is 1.23. The number of hydrogen-bond acceptors (Lipinski definition) is 18. The van der Waals surface area contributed by atoms with Crippen molar-refractivity contribution in [2.75, 3.05) is 25.6 Å². The Morgan fingerprint density at radius 3 is 1.94 bits per heavy atom. The highest BCUT2D eigenvalue weighted by molar-refractivity contribution is 7.61. The summed E-state index contributed by atoms with van der Waals surface area (Å²) in [5.74, 6) is -0.906. The highest BCUT2D eigenvalue weighted by atomic mass is 31.3. The minimum atomic E-state index is -5.50. The third-order valence-corrected chi connectivity index (χ3v) is 14.1. The summed E-state index contributed by atoms with van der Waals surface area (Å²) in [5.41, 5.74) is 4.55. The first kappa shape index (κ1) is 64.7. The molecule has 2 unspecified atom stereocenters. The van der Waals surface area contributed by atoms with E-state index in [1.165, 1.54) is 50.7 Å². The maximum absolute atomic E-state index is 12.9. The molecule has 0 aromatic carbocycles. The number of nitrogens with two attached hydrogens (primary N) is 1. The van der Waals surface area contributed by atoms with Crippen LogP contribution in [0, 0.1) is 5.92 Å². The lowest BCUT2D eigenvalue weighted by Gasteiger charge is -2.21. The molecule has 0 aliphatic carbocycles. The zero-order chi connectivity index (χ0) is 53.4. The Morgan fingerprint density at radius 2 is 1.32 bits per heavy atom. The van der Waals surface area contributed by atoms with Gasteiger partial charge < -0.3 is 55.3 Å². The largest absolute Gasteiger partial charge is 0.481 e. The molecule has 9 N–H and O–H groups in total. The Labute approximate surface area is 424 Å². The molecule has 0 spiro atoms. The number of phosphoric ester groups is 2. The fraction of sp³-hybridized carbons (Fsp3) is 0.714. The number of carbonyl (C=O) groups is 2. The number of aliphatic hydroxyl groups is 5. The third-order valence-electron chi connectivity index (χ3n) is 11.5. The number of aliphatic hydroxyl groups excluding tert-OH is 5. The van der Waals surface area contributed by atoms with Crippen molar-refractivity contribution in [2.45, 2.75) is 198 Å². The van der Waals surface area contributed by atoms with Crippen molar-refractivity contribution in [2.24, 2.45) is 5.92 Å². The molecule has 1 saturated heterocycles. The van der Waals surface area contributed by atoms with Crippen LogP contribution in [0.25, 0.3) is 0 Å². The number of aromatic nitrogens is 2. The number of ether oxygens (including phenoxy) is 3. The molecule has 1 aliphatic heterocycles. The van der Waals surface area contributed by atoms with Crippen LogP contribution in [0.3, 0.4) is 0 Å². The van der Waals surface area contributed by atoms with Gasteiger partial charge in [-0.3, -0.25) is 23.2 Å². The van der Waals surface area contributed by atoms with Crippen LogP contribution in [0.2, 0.25) is 0 Å². The molecule has 2 heterocycles. The van der Waals surface area contributed by atoms with Crippen LogP contribution in [0.15, 0.2) is 65.7 Å². The van der Waals surface area contributed by atoms with Gasteiger partial charge in [-0.05, 0) is 37.7 Å². The van der Waals surface area contributed by atoms with Gasteiger partial charge in [-0.25, -0.2) is 13.9 Å². The Bertz CT molecular complexity index is 1960. The topological polar surface area (TPSA) is 326 Å². The molecule has 72 heavy (non-hydrogen) atoms. The Balaban J connectivity index is 1.89. The molecule has 23 heteroatoms. The molecule has 1 aromatic heterocycles. The number of unbranched alkanes of at least 4 members (excludes halogenated alkanes) is 12. The van der Waals surface area contributed by atoms with Gasteiger partial charge in [0.2, 0.25) is 0 Å². The van der Waals surface area contributed by atoms with Crippen LogP contribution in [-0.2, 0) is 46.3 Å². The fourth-order valence-electron chi connectivity index (χ4n) is 7.35. The number of esters is 2. The van der Waals surface area contributed by atoms with E-state index in [9.17, 15) is 58.8 Å². The van der Waals surface area contributed by atoms with Crippen molar-refractivity contribution < 1.29 is 81.6 Å². The zero-order valence-corrected chi connectivity index (χ0v) is 44.0. The maximum atomic E-state index is 12.9. The average Bonchev–Trinajstić information content (AvgIpc) is 3.59. The first-order chi connectivity index (χ1) is 34.2. The van der Waals surface area contributed by atoms with Crippen LogP contribution in [0.4, 0.5) is 5.82 Å². The lowest BCUT2D eigenvalue weighted by molar-refractivity contribution is -0.161. The smallest absolute Gasteiger partial charge is 0.462 e. The molecule has 10 atom stereocenters. The summed E-state index contributed by atoms with van der Waals surface area (Å²) in [4.78, 5) is 61.9. The second-order valence-electron chi connectivity index (χ2n) is 18.4. The van der Waals surface area contributed by atoms with Gasteiger partial charge >= 0.3 is 33.3 Å². The van der Waals surface area contributed by atoms with Crippen LogP contribution < -0.4 is 11.4 Å². The van der Waals surface area contributed by atoms with E-state index in [1.807, 2.05) is 0 Å². The van der Waals surface area contributed by atoms with Gasteiger partial charge in [0.1, 0.15) is 30.7 Å². The highest BCUT2D eigenvalue weighted by Gasteiger charge is 2.46. The van der Waals surface area contributed by atoms with E-state index >= 15 is 0 Å². The van der Waals surface area contributed by atoms with E-state index in [1.54, 1.807) is 42.5 Å². The predicted molar refractivity (Wildman–Crippen MR) is 270 cm³/mol. The molecule has 0 radical (unpaired) electrons. The third kappa shape index (κ3) is 29.5. The van der Waals surface area contributed by atoms with Crippen LogP contribution in [0.5, 0.6) is 0 Å². The van der Waals surface area contributed by atoms with Crippen LogP contribution in [0.1, 0.15) is 155 Å². The molecule has 0 saturated carbocycles. The molecule has 2 rings (SSSR count).